The van der Waals surface area contributed by atoms with E-state index in [0.29, 0.717) is 0 Å². The Morgan fingerprint density at radius 3 is 1.18 bits per heavy atom. The molecule has 1 N–H and O–H groups in total. The summed E-state index contributed by atoms with van der Waals surface area (Å²) in [5, 5.41) is 5.62. The maximum atomic E-state index is 11.6. The first-order valence-corrected chi connectivity index (χ1v) is 16.7. The molecule has 0 bridgehead atoms. The van der Waals surface area contributed by atoms with Crippen LogP contribution in [0, 0.1) is 12.1 Å². The Bertz CT molecular complexity index is 2220. The Hall–Kier alpha value is -7.34. The number of hydrogen-bond donors (Lipinski definition) is 1. The molecule has 0 unspecified atom stereocenters. The summed E-state index contributed by atoms with van der Waals surface area (Å²) >= 11 is 0. The first-order chi connectivity index (χ1) is 27.0. The van der Waals surface area contributed by atoms with Crippen LogP contribution >= 0.6 is 0 Å². The van der Waals surface area contributed by atoms with Crippen LogP contribution in [-0.4, -0.2) is 52.7 Å². The zero-order valence-electron chi connectivity index (χ0n) is 29.3. The molecule has 5 heterocycles. The summed E-state index contributed by atoms with van der Waals surface area (Å²) < 4.78 is 4.30. The third kappa shape index (κ3) is 10.6. The molecule has 0 saturated heterocycles. The molecule has 1 radical (unpaired) electrons. The summed E-state index contributed by atoms with van der Waals surface area (Å²) in [6.45, 7) is 0. The minimum atomic E-state index is -0.666. The Morgan fingerprint density at radius 1 is 0.482 bits per heavy atom. The fourth-order valence-corrected chi connectivity index (χ4v) is 4.97. The number of pyridine rings is 4. The van der Waals surface area contributed by atoms with E-state index in [2.05, 4.69) is 94.6 Å². The Morgan fingerprint density at radius 2 is 0.839 bits per heavy atom. The van der Waals surface area contributed by atoms with Crippen LogP contribution in [0.2, 0.25) is 0 Å². The van der Waals surface area contributed by atoms with Gasteiger partial charge < -0.3 is 14.9 Å². The van der Waals surface area contributed by atoms with E-state index in [4.69, 9.17) is 0 Å². The Labute approximate surface area is 335 Å². The molecule has 3 aromatic carbocycles. The average molecular weight is 915 g/mol. The minimum absolute atomic E-state index is 0. The van der Waals surface area contributed by atoms with E-state index >= 15 is 0 Å². The number of carbonyl (C=O) groups excluding carboxylic acids is 4. The number of aromatic nitrogens is 6. The topological polar surface area (TPSA) is 156 Å². The van der Waals surface area contributed by atoms with Crippen molar-refractivity contribution in [2.75, 3.05) is 0 Å². The van der Waals surface area contributed by atoms with Gasteiger partial charge in [-0.25, -0.2) is 9.13 Å². The monoisotopic (exact) mass is 915 g/mol. The summed E-state index contributed by atoms with van der Waals surface area (Å²) in [4.78, 5) is 61.6. The van der Waals surface area contributed by atoms with Crippen LogP contribution < -0.4 is 5.32 Å². The van der Waals surface area contributed by atoms with Crippen molar-refractivity contribution in [2.24, 2.45) is 0 Å². The fraction of sp³-hybridized carbons (Fsp3) is 0. The predicted octanol–water partition coefficient (Wildman–Crippen LogP) is 7.18. The van der Waals surface area contributed by atoms with Gasteiger partial charge >= 0.3 is 0 Å². The van der Waals surface area contributed by atoms with Crippen molar-refractivity contribution >= 4 is 34.7 Å². The van der Waals surface area contributed by atoms with Gasteiger partial charge in [0.05, 0.1) is 11.4 Å². The van der Waals surface area contributed by atoms with Crippen molar-refractivity contribution in [1.82, 2.24) is 34.4 Å². The van der Waals surface area contributed by atoms with Crippen LogP contribution in [0.25, 0.3) is 27.7 Å². The van der Waals surface area contributed by atoms with Gasteiger partial charge in [0.25, 0.3) is 11.8 Å². The van der Waals surface area contributed by atoms with Crippen molar-refractivity contribution in [3.8, 4) is 11.4 Å². The average Bonchev–Trinajstić information content (AvgIpc) is 3.66. The molecule has 0 aliphatic carbocycles. The molecule has 0 aliphatic heterocycles. The van der Waals surface area contributed by atoms with Crippen LogP contribution in [0.4, 0.5) is 0 Å². The first-order valence-electron chi connectivity index (χ1n) is 16.7. The van der Waals surface area contributed by atoms with Crippen molar-refractivity contribution < 1.29 is 39.3 Å². The molecule has 0 aliphatic rings. The number of rotatable bonds is 6. The standard InChI is InChI=1S/C19H13N2.2C12H9N3O2.Ir/c1-3-9-16(10-4-1)20-15-21(17-11-5-2-6-12-17)19-14-8-7-13-18(19)20;2*16-11(9-5-1-3-7-13-9)15-12(17)10-6-2-4-8-14-10;/h1-9,11,13-15H;2*1-8H,(H,15,16,17);/q-1;;;/p-1. The van der Waals surface area contributed by atoms with Gasteiger partial charge in [0, 0.05) is 68.4 Å². The van der Waals surface area contributed by atoms with E-state index < -0.39 is 23.6 Å². The van der Waals surface area contributed by atoms with Gasteiger partial charge in [0.15, 0.2) is 17.4 Å². The number of nitrogens with zero attached hydrogens (tertiary/aromatic N) is 7. The van der Waals surface area contributed by atoms with Gasteiger partial charge in [-0.1, -0.05) is 36.4 Å². The molecule has 4 amide bonds. The van der Waals surface area contributed by atoms with E-state index in [1.54, 1.807) is 48.5 Å². The van der Waals surface area contributed by atoms with Gasteiger partial charge in [-0.15, -0.1) is 24.3 Å². The Balaban J connectivity index is 0.000000161. The van der Waals surface area contributed by atoms with Crippen molar-refractivity contribution in [1.29, 1.82) is 0 Å². The van der Waals surface area contributed by atoms with E-state index in [1.165, 1.54) is 49.1 Å². The van der Waals surface area contributed by atoms with Crippen LogP contribution in [0.1, 0.15) is 42.0 Å². The fourth-order valence-electron chi connectivity index (χ4n) is 4.97. The Kier molecular flexibility index (Phi) is 14.4. The molecule has 0 atom stereocenters. The van der Waals surface area contributed by atoms with Crippen molar-refractivity contribution in [3.05, 3.63) is 217 Å². The molecular weight excluding hydrogens is 885 g/mol. The molecule has 0 fully saturated rings. The maximum absolute atomic E-state index is 11.6. The third-order valence-electron chi connectivity index (χ3n) is 7.53. The SMILES string of the molecule is O=C(NC(=O)c1ccccn1)c1ccccn1.O=C([N-]C(=O)c1ccccn1)c1ccccn1.[Ir].[c-]1ccccc1-n1[cH+]n(-c2[c-]cccc2)c2ccccc21. The van der Waals surface area contributed by atoms with Gasteiger partial charge in [-0.05, 0) is 48.5 Å². The predicted molar refractivity (Wildman–Crippen MR) is 205 cm³/mol. The molecule has 56 heavy (non-hydrogen) atoms. The second-order valence-corrected chi connectivity index (χ2v) is 11.2. The number of fused-ring (bicyclic) bond motifs is 1. The van der Waals surface area contributed by atoms with Crippen molar-refractivity contribution in [2.45, 2.75) is 0 Å². The van der Waals surface area contributed by atoms with E-state index in [1.807, 2.05) is 36.4 Å². The molecule has 0 spiro atoms. The number of nitrogens with one attached hydrogen (secondary N) is 1. The number of carbonyl (C=O) groups is 4. The van der Waals surface area contributed by atoms with Crippen LogP contribution in [0.5, 0.6) is 0 Å². The van der Waals surface area contributed by atoms with Gasteiger partial charge in [-0.3, -0.25) is 34.8 Å². The summed E-state index contributed by atoms with van der Waals surface area (Å²) in [5.41, 5.74) is 5.02. The van der Waals surface area contributed by atoms with Gasteiger partial charge in [0.1, 0.15) is 23.2 Å². The number of imidazole rings is 1. The second-order valence-electron chi connectivity index (χ2n) is 11.2. The normalized spacial score (nSPS) is 9.93. The number of para-hydroxylation sites is 4. The molecule has 12 nitrogen and oxygen atoms in total. The smallest absolute Gasteiger partial charge is 0.276 e. The van der Waals surface area contributed by atoms with Gasteiger partial charge in [-0.2, -0.15) is 36.4 Å². The molecule has 5 aromatic heterocycles. The second kappa shape index (κ2) is 20.2. The number of benzene rings is 3. The maximum Gasteiger partial charge on any atom is 0.276 e. The molecule has 8 aromatic rings. The van der Waals surface area contributed by atoms with E-state index in [0.717, 1.165) is 22.4 Å². The third-order valence-corrected chi connectivity index (χ3v) is 7.53. The summed E-state index contributed by atoms with van der Waals surface area (Å²) in [7, 11) is 0. The number of imide groups is 2. The summed E-state index contributed by atoms with van der Waals surface area (Å²) in [6.07, 6.45) is 7.99. The molecule has 13 heteroatoms. The zero-order chi connectivity index (χ0) is 38.2. The number of hydrogen-bond acceptors (Lipinski definition) is 8. The largest absolute Gasteiger partial charge is 0.585 e. The van der Waals surface area contributed by atoms with E-state index in [9.17, 15) is 19.2 Å². The molecular formula is C43H30IrN8O4-2. The van der Waals surface area contributed by atoms with Gasteiger partial charge in [0.2, 0.25) is 0 Å². The molecule has 8 rings (SSSR count). The van der Waals surface area contributed by atoms with Crippen molar-refractivity contribution in [3.63, 3.8) is 0 Å². The molecule has 0 saturated carbocycles. The summed E-state index contributed by atoms with van der Waals surface area (Å²) in [6, 6.07) is 50.4. The quantitative estimate of drug-likeness (QED) is 0.136. The molecule has 277 valence electrons. The van der Waals surface area contributed by atoms with Crippen LogP contribution in [0.3, 0.4) is 0 Å². The minimum Gasteiger partial charge on any atom is -0.585 e. The van der Waals surface area contributed by atoms with E-state index in [-0.39, 0.29) is 42.9 Å². The summed E-state index contributed by atoms with van der Waals surface area (Å²) in [5.74, 6) is -2.41. The first kappa shape index (κ1) is 39.9. The number of amides is 4. The van der Waals surface area contributed by atoms with Crippen LogP contribution in [0.15, 0.2) is 177 Å². The zero-order valence-corrected chi connectivity index (χ0v) is 31.7. The van der Waals surface area contributed by atoms with Crippen LogP contribution in [-0.2, 0) is 20.1 Å².